The lowest BCUT2D eigenvalue weighted by molar-refractivity contribution is 0.213. The van der Waals surface area contributed by atoms with Crippen LogP contribution < -0.4 is 0 Å². The first-order valence-corrected chi connectivity index (χ1v) is 7.33. The number of nitrogens with zero attached hydrogens (tertiary/aromatic N) is 1. The van der Waals surface area contributed by atoms with E-state index in [1.54, 1.807) is 0 Å². The summed E-state index contributed by atoms with van der Waals surface area (Å²) in [4.78, 5) is 4.70. The summed E-state index contributed by atoms with van der Waals surface area (Å²) in [6.45, 7) is 13.9. The summed E-state index contributed by atoms with van der Waals surface area (Å²) in [5.41, 5.74) is 2.92. The minimum Gasteiger partial charge on any atom is -0.261 e. The molecule has 0 spiro atoms. The first kappa shape index (κ1) is 15.2. The zero-order chi connectivity index (χ0) is 13.8. The summed E-state index contributed by atoms with van der Waals surface area (Å²) in [7, 11) is 0. The van der Waals surface area contributed by atoms with Gasteiger partial charge in [-0.05, 0) is 29.9 Å². The second-order valence-electron chi connectivity index (χ2n) is 6.51. The number of pyridine rings is 1. The largest absolute Gasteiger partial charge is 0.261 e. The first-order chi connectivity index (χ1) is 8.41. The maximum absolute atomic E-state index is 4.70. The van der Waals surface area contributed by atoms with Crippen molar-refractivity contribution in [3.05, 3.63) is 29.6 Å². The van der Waals surface area contributed by atoms with Crippen LogP contribution in [0.5, 0.6) is 0 Å². The predicted octanol–water partition coefficient (Wildman–Crippen LogP) is 5.35. The van der Waals surface area contributed by atoms with E-state index >= 15 is 0 Å². The minimum atomic E-state index is 0.273. The fourth-order valence-corrected chi connectivity index (χ4v) is 3.14. The van der Waals surface area contributed by atoms with Crippen LogP contribution >= 0.6 is 0 Å². The highest BCUT2D eigenvalue weighted by molar-refractivity contribution is 5.24. The first-order valence-electron chi connectivity index (χ1n) is 7.33. The molecule has 1 aromatic rings. The Morgan fingerprint density at radius 3 is 2.33 bits per heavy atom. The molecule has 0 N–H and O–H groups in total. The summed E-state index contributed by atoms with van der Waals surface area (Å²) in [5, 5.41) is 0. The van der Waals surface area contributed by atoms with Gasteiger partial charge in [0.05, 0.1) is 0 Å². The average Bonchev–Trinajstić information content (AvgIpc) is 2.29. The second kappa shape index (κ2) is 6.36. The van der Waals surface area contributed by atoms with E-state index < -0.39 is 0 Å². The molecule has 1 aromatic heterocycles. The van der Waals surface area contributed by atoms with Crippen molar-refractivity contribution in [2.24, 2.45) is 11.3 Å². The molecule has 0 bridgehead atoms. The molecule has 2 unspecified atom stereocenters. The summed E-state index contributed by atoms with van der Waals surface area (Å²) in [6.07, 6.45) is 5.75. The second-order valence-corrected chi connectivity index (χ2v) is 6.51. The van der Waals surface area contributed by atoms with Crippen LogP contribution in [0.3, 0.4) is 0 Å². The fourth-order valence-electron chi connectivity index (χ4n) is 3.14. The van der Waals surface area contributed by atoms with Crippen LogP contribution in [0.25, 0.3) is 0 Å². The smallest absolute Gasteiger partial charge is 0.0471 e. The Morgan fingerprint density at radius 2 is 1.89 bits per heavy atom. The van der Waals surface area contributed by atoms with Crippen LogP contribution in [0.15, 0.2) is 18.3 Å². The Balaban J connectivity index is 3.17. The molecular weight excluding hydrogens is 218 g/mol. The molecule has 18 heavy (non-hydrogen) atoms. The van der Waals surface area contributed by atoms with Gasteiger partial charge in [0.15, 0.2) is 0 Å². The quantitative estimate of drug-likeness (QED) is 0.684. The van der Waals surface area contributed by atoms with Crippen molar-refractivity contribution in [2.45, 2.75) is 66.7 Å². The normalized spacial score (nSPS) is 15.4. The minimum absolute atomic E-state index is 0.273. The molecule has 1 heteroatoms. The predicted molar refractivity (Wildman–Crippen MR) is 79.9 cm³/mol. The highest BCUT2D eigenvalue weighted by Gasteiger charge is 2.33. The highest BCUT2D eigenvalue weighted by Crippen LogP contribution is 2.44. The molecule has 0 aliphatic carbocycles. The number of aromatic nitrogens is 1. The van der Waals surface area contributed by atoms with Gasteiger partial charge in [-0.25, -0.2) is 0 Å². The van der Waals surface area contributed by atoms with Gasteiger partial charge < -0.3 is 0 Å². The molecule has 0 aliphatic rings. The zero-order valence-electron chi connectivity index (χ0n) is 13.0. The maximum atomic E-state index is 4.70. The molecule has 0 fully saturated rings. The molecule has 1 heterocycles. The molecule has 0 amide bonds. The van der Waals surface area contributed by atoms with Crippen molar-refractivity contribution in [1.82, 2.24) is 4.98 Å². The fraction of sp³-hybridized carbons (Fsp3) is 0.706. The van der Waals surface area contributed by atoms with Gasteiger partial charge in [-0.1, -0.05) is 59.9 Å². The Hall–Kier alpha value is -0.850. The van der Waals surface area contributed by atoms with Crippen LogP contribution in [-0.2, 0) is 0 Å². The molecule has 0 aliphatic heterocycles. The Morgan fingerprint density at radius 1 is 1.22 bits per heavy atom. The van der Waals surface area contributed by atoms with Gasteiger partial charge in [0.25, 0.3) is 0 Å². The average molecular weight is 247 g/mol. The van der Waals surface area contributed by atoms with E-state index in [4.69, 9.17) is 4.98 Å². The molecule has 1 nitrogen and oxygen atoms in total. The van der Waals surface area contributed by atoms with Crippen LogP contribution in [0.1, 0.15) is 71.1 Å². The van der Waals surface area contributed by atoms with E-state index in [2.05, 4.69) is 47.6 Å². The molecule has 0 saturated heterocycles. The van der Waals surface area contributed by atoms with E-state index in [0.29, 0.717) is 5.92 Å². The van der Waals surface area contributed by atoms with Crippen molar-refractivity contribution in [3.8, 4) is 0 Å². The molecule has 1 rings (SSSR count). The number of hydrogen-bond donors (Lipinski definition) is 0. The lowest BCUT2D eigenvalue weighted by Gasteiger charge is -2.37. The third-order valence-electron chi connectivity index (χ3n) is 3.93. The van der Waals surface area contributed by atoms with E-state index in [1.807, 2.05) is 12.3 Å². The lowest BCUT2D eigenvalue weighted by Crippen LogP contribution is -2.27. The lowest BCUT2D eigenvalue weighted by atomic mass is 9.68. The van der Waals surface area contributed by atoms with Crippen molar-refractivity contribution in [2.75, 3.05) is 0 Å². The molecular formula is C17H29N. The topological polar surface area (TPSA) is 12.9 Å². The van der Waals surface area contributed by atoms with Crippen LogP contribution in [0.2, 0.25) is 0 Å². The van der Waals surface area contributed by atoms with Crippen molar-refractivity contribution in [3.63, 3.8) is 0 Å². The standard InChI is InChI=1S/C17H29N/c1-7-10-14(8-2)15(17(4,5)6)16-13(3)11-9-12-18-16/h9,11-12,14-15H,7-8,10H2,1-6H3. The number of rotatable bonds is 5. The zero-order valence-corrected chi connectivity index (χ0v) is 13.0. The number of hydrogen-bond acceptors (Lipinski definition) is 1. The van der Waals surface area contributed by atoms with Crippen LogP contribution in [0, 0.1) is 18.3 Å². The van der Waals surface area contributed by atoms with Crippen LogP contribution in [0.4, 0.5) is 0 Å². The third kappa shape index (κ3) is 3.57. The maximum Gasteiger partial charge on any atom is 0.0471 e. The third-order valence-corrected chi connectivity index (χ3v) is 3.93. The summed E-state index contributed by atoms with van der Waals surface area (Å²) in [6, 6.07) is 4.24. The summed E-state index contributed by atoms with van der Waals surface area (Å²) < 4.78 is 0. The van der Waals surface area contributed by atoms with Crippen molar-refractivity contribution in [1.29, 1.82) is 0 Å². The Kier molecular flexibility index (Phi) is 5.37. The van der Waals surface area contributed by atoms with Gasteiger partial charge in [-0.3, -0.25) is 4.98 Å². The van der Waals surface area contributed by atoms with Gasteiger partial charge in [-0.2, -0.15) is 0 Å². The van der Waals surface area contributed by atoms with E-state index in [-0.39, 0.29) is 5.41 Å². The van der Waals surface area contributed by atoms with Gasteiger partial charge in [0, 0.05) is 17.8 Å². The van der Waals surface area contributed by atoms with Gasteiger partial charge in [-0.15, -0.1) is 0 Å². The van der Waals surface area contributed by atoms with Gasteiger partial charge in [0.1, 0.15) is 0 Å². The highest BCUT2D eigenvalue weighted by atomic mass is 14.7. The van der Waals surface area contributed by atoms with Crippen LogP contribution in [-0.4, -0.2) is 4.98 Å². The van der Waals surface area contributed by atoms with E-state index in [9.17, 15) is 0 Å². The Bertz CT molecular complexity index is 362. The molecule has 102 valence electrons. The Labute approximate surface area is 113 Å². The summed E-state index contributed by atoms with van der Waals surface area (Å²) >= 11 is 0. The van der Waals surface area contributed by atoms with E-state index in [0.717, 1.165) is 5.92 Å². The van der Waals surface area contributed by atoms with Crippen molar-refractivity contribution < 1.29 is 0 Å². The molecule has 2 atom stereocenters. The monoisotopic (exact) mass is 247 g/mol. The van der Waals surface area contributed by atoms with Crippen molar-refractivity contribution >= 4 is 0 Å². The molecule has 0 radical (unpaired) electrons. The molecule has 0 saturated carbocycles. The van der Waals surface area contributed by atoms with Gasteiger partial charge in [0.2, 0.25) is 0 Å². The SMILES string of the molecule is CCCC(CC)C(c1ncccc1C)C(C)(C)C. The summed E-state index contributed by atoms with van der Waals surface area (Å²) in [5.74, 6) is 1.30. The van der Waals surface area contributed by atoms with Gasteiger partial charge >= 0.3 is 0 Å². The number of aryl methyl sites for hydroxylation is 1. The molecule has 0 aromatic carbocycles. The van der Waals surface area contributed by atoms with E-state index in [1.165, 1.54) is 30.5 Å².